The molecule has 126 valence electrons. The van der Waals surface area contributed by atoms with Gasteiger partial charge in [-0.2, -0.15) is 0 Å². The van der Waals surface area contributed by atoms with Gasteiger partial charge in [0.2, 0.25) is 0 Å². The minimum atomic E-state index is -0.899. The molecule has 0 unspecified atom stereocenters. The number of halogens is 3. The number of carbonyl (C=O) groups excluding carboxylic acids is 2. The Bertz CT molecular complexity index is 753. The molecule has 1 atom stereocenters. The van der Waals surface area contributed by atoms with Crippen LogP contribution in [0, 0.1) is 5.82 Å². The zero-order valence-electron chi connectivity index (χ0n) is 12.5. The third kappa shape index (κ3) is 4.84. The van der Waals surface area contributed by atoms with Crippen molar-refractivity contribution in [2.75, 3.05) is 0 Å². The first kappa shape index (κ1) is 18.0. The molecular weight excluding hydrogens is 358 g/mol. The van der Waals surface area contributed by atoms with Crippen molar-refractivity contribution in [1.82, 2.24) is 10.9 Å². The molecule has 0 saturated heterocycles. The predicted octanol–water partition coefficient (Wildman–Crippen LogP) is 3.36. The van der Waals surface area contributed by atoms with Gasteiger partial charge in [-0.1, -0.05) is 23.2 Å². The van der Waals surface area contributed by atoms with Gasteiger partial charge in [0.15, 0.2) is 6.10 Å². The van der Waals surface area contributed by atoms with Gasteiger partial charge < -0.3 is 4.74 Å². The van der Waals surface area contributed by atoms with Gasteiger partial charge >= 0.3 is 0 Å². The SMILES string of the molecule is C[C@H](Oc1ccc(F)cc1)C(=O)NNC(=O)c1ccc(Cl)c(Cl)c1. The van der Waals surface area contributed by atoms with E-state index in [9.17, 15) is 14.0 Å². The van der Waals surface area contributed by atoms with Gasteiger partial charge in [-0.05, 0) is 49.4 Å². The Morgan fingerprint density at radius 3 is 2.33 bits per heavy atom. The second-order valence-corrected chi connectivity index (χ2v) is 5.60. The van der Waals surface area contributed by atoms with Gasteiger partial charge in [-0.15, -0.1) is 0 Å². The quantitative estimate of drug-likeness (QED) is 0.810. The Kier molecular flexibility index (Phi) is 6.00. The van der Waals surface area contributed by atoms with Gasteiger partial charge in [-0.25, -0.2) is 4.39 Å². The number of benzene rings is 2. The summed E-state index contributed by atoms with van der Waals surface area (Å²) in [6, 6.07) is 9.54. The minimum Gasteiger partial charge on any atom is -0.481 e. The molecule has 0 spiro atoms. The van der Waals surface area contributed by atoms with Crippen LogP contribution in [0.3, 0.4) is 0 Å². The maximum atomic E-state index is 12.8. The van der Waals surface area contributed by atoms with E-state index >= 15 is 0 Å². The highest BCUT2D eigenvalue weighted by molar-refractivity contribution is 6.42. The third-order valence-corrected chi connectivity index (χ3v) is 3.72. The first-order chi connectivity index (χ1) is 11.4. The fraction of sp³-hybridized carbons (Fsp3) is 0.125. The summed E-state index contributed by atoms with van der Waals surface area (Å²) in [6.45, 7) is 1.49. The summed E-state index contributed by atoms with van der Waals surface area (Å²) in [5.74, 6) is -1.22. The summed E-state index contributed by atoms with van der Waals surface area (Å²) < 4.78 is 18.1. The van der Waals surface area contributed by atoms with E-state index in [2.05, 4.69) is 10.9 Å². The number of ether oxygens (including phenoxy) is 1. The highest BCUT2D eigenvalue weighted by Gasteiger charge is 2.16. The molecule has 2 rings (SSSR count). The first-order valence-corrected chi connectivity index (χ1v) is 7.60. The largest absolute Gasteiger partial charge is 0.481 e. The monoisotopic (exact) mass is 370 g/mol. The van der Waals surface area contributed by atoms with E-state index in [1.54, 1.807) is 0 Å². The van der Waals surface area contributed by atoms with E-state index in [4.69, 9.17) is 27.9 Å². The summed E-state index contributed by atoms with van der Waals surface area (Å²) in [5, 5.41) is 0.544. The minimum absolute atomic E-state index is 0.226. The number of hydrazine groups is 1. The molecule has 0 radical (unpaired) electrons. The van der Waals surface area contributed by atoms with Gasteiger partial charge in [0.1, 0.15) is 11.6 Å². The molecular formula is C16H13Cl2FN2O3. The molecule has 8 heteroatoms. The van der Waals surface area contributed by atoms with Crippen LogP contribution in [-0.4, -0.2) is 17.9 Å². The van der Waals surface area contributed by atoms with Crippen molar-refractivity contribution < 1.29 is 18.7 Å². The standard InChI is InChI=1S/C16H13Cl2FN2O3/c1-9(24-12-5-3-11(19)4-6-12)15(22)20-21-16(23)10-2-7-13(17)14(18)8-10/h2-9H,1H3,(H,20,22)(H,21,23)/t9-/m0/s1. The molecule has 0 aliphatic rings. The average Bonchev–Trinajstić information content (AvgIpc) is 2.56. The summed E-state index contributed by atoms with van der Waals surface area (Å²) in [6.07, 6.45) is -0.899. The van der Waals surface area contributed by atoms with Crippen molar-refractivity contribution in [3.05, 3.63) is 63.9 Å². The number of amides is 2. The molecule has 0 bridgehead atoms. The Morgan fingerprint density at radius 1 is 1.04 bits per heavy atom. The Morgan fingerprint density at radius 2 is 1.71 bits per heavy atom. The van der Waals surface area contributed by atoms with Crippen LogP contribution in [0.15, 0.2) is 42.5 Å². The first-order valence-electron chi connectivity index (χ1n) is 6.84. The van der Waals surface area contributed by atoms with Crippen LogP contribution in [0.5, 0.6) is 5.75 Å². The van der Waals surface area contributed by atoms with E-state index in [-0.39, 0.29) is 10.6 Å². The number of hydrogen-bond donors (Lipinski definition) is 2. The van der Waals surface area contributed by atoms with Crippen LogP contribution < -0.4 is 15.6 Å². The van der Waals surface area contributed by atoms with Crippen molar-refractivity contribution in [2.45, 2.75) is 13.0 Å². The fourth-order valence-electron chi connectivity index (χ4n) is 1.70. The molecule has 2 amide bonds. The predicted molar refractivity (Wildman–Crippen MR) is 88.6 cm³/mol. The van der Waals surface area contributed by atoms with Crippen molar-refractivity contribution in [3.63, 3.8) is 0 Å². The maximum absolute atomic E-state index is 12.8. The van der Waals surface area contributed by atoms with Crippen LogP contribution in [0.4, 0.5) is 4.39 Å². The van der Waals surface area contributed by atoms with Crippen molar-refractivity contribution in [3.8, 4) is 5.75 Å². The lowest BCUT2D eigenvalue weighted by Crippen LogP contribution is -2.47. The van der Waals surface area contributed by atoms with E-state index in [1.165, 1.54) is 49.4 Å². The fourth-order valence-corrected chi connectivity index (χ4v) is 2.00. The van der Waals surface area contributed by atoms with Crippen LogP contribution in [0.25, 0.3) is 0 Å². The molecule has 2 aromatic carbocycles. The summed E-state index contributed by atoms with van der Waals surface area (Å²) >= 11 is 11.6. The lowest BCUT2D eigenvalue weighted by Gasteiger charge is -2.15. The van der Waals surface area contributed by atoms with Crippen LogP contribution in [0.1, 0.15) is 17.3 Å². The van der Waals surface area contributed by atoms with Gasteiger partial charge in [0, 0.05) is 5.56 Å². The molecule has 2 aromatic rings. The topological polar surface area (TPSA) is 67.4 Å². The number of carbonyl (C=O) groups is 2. The number of rotatable bonds is 4. The summed E-state index contributed by atoms with van der Waals surface area (Å²) in [7, 11) is 0. The average molecular weight is 371 g/mol. The van der Waals surface area contributed by atoms with Gasteiger partial charge in [0.05, 0.1) is 10.0 Å². The lowest BCUT2D eigenvalue weighted by molar-refractivity contribution is -0.128. The molecule has 0 saturated carbocycles. The van der Waals surface area contributed by atoms with Gasteiger partial charge in [-0.3, -0.25) is 20.4 Å². The van der Waals surface area contributed by atoms with Crippen molar-refractivity contribution in [1.29, 1.82) is 0 Å². The second-order valence-electron chi connectivity index (χ2n) is 4.79. The molecule has 2 N–H and O–H groups in total. The summed E-state index contributed by atoms with van der Waals surface area (Å²) in [4.78, 5) is 23.8. The number of hydrogen-bond acceptors (Lipinski definition) is 3. The highest BCUT2D eigenvalue weighted by Crippen LogP contribution is 2.22. The highest BCUT2D eigenvalue weighted by atomic mass is 35.5. The molecule has 0 aliphatic heterocycles. The number of nitrogens with one attached hydrogen (secondary N) is 2. The molecule has 0 fully saturated rings. The second kappa shape index (κ2) is 7.99. The normalized spacial score (nSPS) is 11.5. The van der Waals surface area contributed by atoms with E-state index in [0.29, 0.717) is 10.8 Å². The van der Waals surface area contributed by atoms with E-state index in [0.717, 1.165) is 0 Å². The van der Waals surface area contributed by atoms with Crippen molar-refractivity contribution in [2.24, 2.45) is 0 Å². The summed E-state index contributed by atoms with van der Waals surface area (Å²) in [5.41, 5.74) is 4.71. The van der Waals surface area contributed by atoms with Crippen molar-refractivity contribution >= 4 is 35.0 Å². The van der Waals surface area contributed by atoms with Crippen LogP contribution in [-0.2, 0) is 4.79 Å². The molecule has 0 aromatic heterocycles. The molecule has 5 nitrogen and oxygen atoms in total. The molecule has 0 aliphatic carbocycles. The smallest absolute Gasteiger partial charge is 0.279 e. The van der Waals surface area contributed by atoms with Crippen LogP contribution >= 0.6 is 23.2 Å². The third-order valence-electron chi connectivity index (χ3n) is 2.98. The molecule has 0 heterocycles. The van der Waals surface area contributed by atoms with E-state index in [1.807, 2.05) is 0 Å². The zero-order valence-corrected chi connectivity index (χ0v) is 14.0. The Balaban J connectivity index is 1.88. The Hall–Kier alpha value is -2.31. The van der Waals surface area contributed by atoms with Crippen LogP contribution in [0.2, 0.25) is 10.0 Å². The van der Waals surface area contributed by atoms with Gasteiger partial charge in [0.25, 0.3) is 11.8 Å². The maximum Gasteiger partial charge on any atom is 0.279 e. The Labute approximate surface area is 147 Å². The lowest BCUT2D eigenvalue weighted by atomic mass is 10.2. The molecule has 24 heavy (non-hydrogen) atoms. The van der Waals surface area contributed by atoms with E-state index < -0.39 is 23.7 Å². The zero-order chi connectivity index (χ0) is 17.7.